The Balaban J connectivity index is 1.78. The van der Waals surface area contributed by atoms with Gasteiger partial charge in [0.1, 0.15) is 17.9 Å². The van der Waals surface area contributed by atoms with Gasteiger partial charge in [0.15, 0.2) is 4.34 Å². The van der Waals surface area contributed by atoms with Gasteiger partial charge in [-0.1, -0.05) is 29.2 Å². The number of hydrogen-bond donors (Lipinski definition) is 1. The lowest BCUT2D eigenvalue weighted by molar-refractivity contribution is 0.415. The molecule has 0 amide bonds. The molecule has 25 heavy (non-hydrogen) atoms. The smallest absolute Gasteiger partial charge is 0.210 e. The van der Waals surface area contributed by atoms with E-state index in [9.17, 15) is 10.5 Å². The summed E-state index contributed by atoms with van der Waals surface area (Å²) in [7, 11) is 1.62. The summed E-state index contributed by atoms with van der Waals surface area (Å²) in [5.74, 6) is 0.774. The summed E-state index contributed by atoms with van der Waals surface area (Å²) in [5, 5.41) is 30.5. The lowest BCUT2D eigenvalue weighted by atomic mass is 10.1. The number of anilines is 2. The Bertz CT molecular complexity index is 938. The van der Waals surface area contributed by atoms with Gasteiger partial charge in [-0.25, -0.2) is 0 Å². The van der Waals surface area contributed by atoms with Crippen LogP contribution in [0.3, 0.4) is 0 Å². The van der Waals surface area contributed by atoms with E-state index in [-0.39, 0.29) is 0 Å². The third kappa shape index (κ3) is 3.89. The second-order valence-corrected chi connectivity index (χ2v) is 6.97. The number of ether oxygens (including phenoxy) is 1. The minimum Gasteiger partial charge on any atom is -0.497 e. The highest BCUT2D eigenvalue weighted by atomic mass is 32.2. The third-order valence-electron chi connectivity index (χ3n) is 3.19. The third-order valence-corrected chi connectivity index (χ3v) is 5.23. The van der Waals surface area contributed by atoms with Crippen LogP contribution < -0.4 is 10.1 Å². The van der Waals surface area contributed by atoms with Crippen LogP contribution in [0, 0.1) is 22.7 Å². The molecule has 2 aromatic carbocycles. The van der Waals surface area contributed by atoms with Crippen LogP contribution in [0.4, 0.5) is 10.8 Å². The van der Waals surface area contributed by atoms with E-state index in [1.807, 2.05) is 24.3 Å². The standard InChI is InChI=1S/C17H11N5OS2/c1-23-14-7-5-13(6-8-14)20-16-21-22-17(25-16)24-15-11(9-18)3-2-4-12(15)10-19/h2-8H,1H3,(H,20,21). The molecule has 1 heterocycles. The first-order chi connectivity index (χ1) is 12.2. The van der Waals surface area contributed by atoms with Gasteiger partial charge in [0.2, 0.25) is 5.13 Å². The number of nitrogens with zero attached hydrogens (tertiary/aromatic N) is 4. The zero-order valence-corrected chi connectivity index (χ0v) is 14.7. The van der Waals surface area contributed by atoms with E-state index < -0.39 is 0 Å². The molecule has 0 unspecified atom stereocenters. The summed E-state index contributed by atoms with van der Waals surface area (Å²) in [6.45, 7) is 0. The first-order valence-corrected chi connectivity index (χ1v) is 8.72. The van der Waals surface area contributed by atoms with Crippen LogP contribution in [0.5, 0.6) is 5.75 Å². The fourth-order valence-corrected chi connectivity index (χ4v) is 3.86. The van der Waals surface area contributed by atoms with Crippen LogP contribution in [-0.4, -0.2) is 17.3 Å². The van der Waals surface area contributed by atoms with Gasteiger partial charge in [0.05, 0.1) is 23.1 Å². The molecule has 0 fully saturated rings. The van der Waals surface area contributed by atoms with Crippen molar-refractivity contribution in [2.24, 2.45) is 0 Å². The maximum Gasteiger partial charge on any atom is 0.210 e. The molecule has 122 valence electrons. The second-order valence-electron chi connectivity index (χ2n) is 4.73. The molecule has 0 spiro atoms. The fourth-order valence-electron chi connectivity index (χ4n) is 2.01. The minimum atomic E-state index is 0.448. The molecule has 0 radical (unpaired) electrons. The molecule has 0 aliphatic rings. The largest absolute Gasteiger partial charge is 0.497 e. The van der Waals surface area contributed by atoms with E-state index in [0.29, 0.717) is 25.5 Å². The van der Waals surface area contributed by atoms with Crippen LogP contribution in [0.1, 0.15) is 11.1 Å². The number of nitriles is 2. The summed E-state index contributed by atoms with van der Waals surface area (Å²) in [4.78, 5) is 0.597. The Morgan fingerprint density at radius 1 is 1.04 bits per heavy atom. The molecule has 0 bridgehead atoms. The van der Waals surface area contributed by atoms with Gasteiger partial charge in [0, 0.05) is 5.69 Å². The summed E-state index contributed by atoms with van der Waals surface area (Å²) < 4.78 is 5.77. The van der Waals surface area contributed by atoms with E-state index in [4.69, 9.17) is 4.74 Å². The molecule has 0 aliphatic heterocycles. The molecule has 0 saturated heterocycles. The normalized spacial score (nSPS) is 9.88. The Hall–Kier alpha value is -3.07. The monoisotopic (exact) mass is 365 g/mol. The Morgan fingerprint density at radius 2 is 1.72 bits per heavy atom. The van der Waals surface area contributed by atoms with E-state index in [1.165, 1.54) is 23.1 Å². The summed E-state index contributed by atoms with van der Waals surface area (Å²) >= 11 is 2.62. The van der Waals surface area contributed by atoms with Crippen molar-refractivity contribution in [3.05, 3.63) is 53.6 Å². The van der Waals surface area contributed by atoms with Gasteiger partial charge in [-0.05, 0) is 36.4 Å². The molecule has 0 aliphatic carbocycles. The van der Waals surface area contributed by atoms with Crippen LogP contribution >= 0.6 is 23.1 Å². The molecular formula is C17H11N5OS2. The maximum absolute atomic E-state index is 9.23. The van der Waals surface area contributed by atoms with Gasteiger partial charge >= 0.3 is 0 Å². The van der Waals surface area contributed by atoms with Gasteiger partial charge in [-0.2, -0.15) is 10.5 Å². The second kappa shape index (κ2) is 7.67. The predicted molar refractivity (Wildman–Crippen MR) is 96.2 cm³/mol. The number of rotatable bonds is 5. The van der Waals surface area contributed by atoms with E-state index in [0.717, 1.165) is 11.4 Å². The molecule has 0 atom stereocenters. The molecule has 1 N–H and O–H groups in total. The van der Waals surface area contributed by atoms with Crippen molar-refractivity contribution in [3.8, 4) is 17.9 Å². The Kier molecular flexibility index (Phi) is 5.14. The van der Waals surface area contributed by atoms with Crippen molar-refractivity contribution >= 4 is 33.9 Å². The number of nitrogens with one attached hydrogen (secondary N) is 1. The van der Waals surface area contributed by atoms with Crippen molar-refractivity contribution < 1.29 is 4.74 Å². The molecular weight excluding hydrogens is 354 g/mol. The van der Waals surface area contributed by atoms with Gasteiger partial charge in [0.25, 0.3) is 0 Å². The van der Waals surface area contributed by atoms with Crippen molar-refractivity contribution in [2.75, 3.05) is 12.4 Å². The van der Waals surface area contributed by atoms with E-state index in [1.54, 1.807) is 25.3 Å². The van der Waals surface area contributed by atoms with Crippen molar-refractivity contribution in [3.63, 3.8) is 0 Å². The van der Waals surface area contributed by atoms with Crippen molar-refractivity contribution in [1.29, 1.82) is 10.5 Å². The predicted octanol–water partition coefficient (Wildman–Crippen LogP) is 4.18. The average molecular weight is 365 g/mol. The molecule has 1 aromatic heterocycles. The number of benzene rings is 2. The first-order valence-electron chi connectivity index (χ1n) is 7.09. The molecule has 0 saturated carbocycles. The Labute approximate surface area is 152 Å². The highest BCUT2D eigenvalue weighted by molar-refractivity contribution is 8.01. The molecule has 6 nitrogen and oxygen atoms in total. The van der Waals surface area contributed by atoms with Gasteiger partial charge < -0.3 is 10.1 Å². The van der Waals surface area contributed by atoms with E-state index >= 15 is 0 Å². The van der Waals surface area contributed by atoms with Crippen molar-refractivity contribution in [1.82, 2.24) is 10.2 Å². The summed E-state index contributed by atoms with van der Waals surface area (Å²) in [6.07, 6.45) is 0. The molecule has 8 heteroatoms. The summed E-state index contributed by atoms with van der Waals surface area (Å²) in [6, 6.07) is 16.7. The zero-order valence-electron chi connectivity index (χ0n) is 13.1. The van der Waals surface area contributed by atoms with Gasteiger partial charge in [-0.15, -0.1) is 10.2 Å². The number of aromatic nitrogens is 2. The molecule has 3 aromatic rings. The first kappa shape index (κ1) is 16.8. The van der Waals surface area contributed by atoms with E-state index in [2.05, 4.69) is 27.7 Å². The Morgan fingerprint density at radius 3 is 2.32 bits per heavy atom. The fraction of sp³-hybridized carbons (Fsp3) is 0.0588. The number of methoxy groups -OCH3 is 1. The average Bonchev–Trinajstić information content (AvgIpc) is 3.09. The highest BCUT2D eigenvalue weighted by Gasteiger charge is 2.13. The van der Waals surface area contributed by atoms with Crippen LogP contribution in [0.25, 0.3) is 0 Å². The minimum absolute atomic E-state index is 0.448. The SMILES string of the molecule is COc1ccc(Nc2nnc(Sc3c(C#N)cccc3C#N)s2)cc1. The van der Waals surface area contributed by atoms with Crippen LogP contribution in [0.2, 0.25) is 0 Å². The lowest BCUT2D eigenvalue weighted by Gasteiger charge is -2.03. The maximum atomic E-state index is 9.23. The highest BCUT2D eigenvalue weighted by Crippen LogP contribution is 2.36. The lowest BCUT2D eigenvalue weighted by Crippen LogP contribution is -1.89. The quantitative estimate of drug-likeness (QED) is 0.724. The number of hydrogen-bond acceptors (Lipinski definition) is 8. The topological polar surface area (TPSA) is 94.6 Å². The summed E-state index contributed by atoms with van der Waals surface area (Å²) in [5.41, 5.74) is 1.76. The zero-order chi connectivity index (χ0) is 17.6. The van der Waals surface area contributed by atoms with Crippen molar-refractivity contribution in [2.45, 2.75) is 9.24 Å². The van der Waals surface area contributed by atoms with Crippen LogP contribution in [-0.2, 0) is 0 Å². The molecule has 3 rings (SSSR count). The van der Waals surface area contributed by atoms with Gasteiger partial charge in [-0.3, -0.25) is 0 Å². The van der Waals surface area contributed by atoms with Crippen LogP contribution in [0.15, 0.2) is 51.7 Å².